The van der Waals surface area contributed by atoms with E-state index in [0.29, 0.717) is 43.4 Å². The van der Waals surface area contributed by atoms with E-state index in [9.17, 15) is 0 Å². The van der Waals surface area contributed by atoms with E-state index in [4.69, 9.17) is 9.26 Å². The zero-order chi connectivity index (χ0) is 14.9. The monoisotopic (exact) mass is 293 g/mol. The fraction of sp³-hybridized carbons (Fsp3) is 0.583. The molecule has 2 N–H and O–H groups in total. The van der Waals surface area contributed by atoms with E-state index in [0.717, 1.165) is 13.0 Å². The predicted octanol–water partition coefficient (Wildman–Crippen LogP) is 1.13. The lowest BCUT2D eigenvalue weighted by Crippen LogP contribution is -2.13. The van der Waals surface area contributed by atoms with E-state index >= 15 is 0 Å². The Kier molecular flexibility index (Phi) is 5.68. The highest BCUT2D eigenvalue weighted by Gasteiger charge is 2.07. The first-order chi connectivity index (χ1) is 10.3. The number of hydrogen-bond acceptors (Lipinski definition) is 9. The summed E-state index contributed by atoms with van der Waals surface area (Å²) in [5, 5.41) is 9.68. The molecule has 0 aliphatic heterocycles. The van der Waals surface area contributed by atoms with Gasteiger partial charge in [0.15, 0.2) is 6.33 Å². The third-order valence-corrected chi connectivity index (χ3v) is 2.41. The van der Waals surface area contributed by atoms with E-state index in [-0.39, 0.29) is 0 Å². The largest absolute Gasteiger partial charge is 0.463 e. The van der Waals surface area contributed by atoms with Crippen LogP contribution in [0.4, 0.5) is 11.9 Å². The van der Waals surface area contributed by atoms with Crippen LogP contribution in [-0.4, -0.2) is 44.8 Å². The number of ether oxygens (including phenoxy) is 1. The van der Waals surface area contributed by atoms with E-state index in [1.807, 2.05) is 13.8 Å². The number of aromatic nitrogens is 5. The Bertz CT molecular complexity index is 532. The van der Waals surface area contributed by atoms with Crippen LogP contribution in [0.25, 0.3) is 0 Å². The fourth-order valence-corrected chi connectivity index (χ4v) is 1.52. The first-order valence-corrected chi connectivity index (χ1v) is 6.94. The summed E-state index contributed by atoms with van der Waals surface area (Å²) in [6, 6.07) is 0.308. The molecule has 0 aliphatic carbocycles. The van der Waals surface area contributed by atoms with Gasteiger partial charge in [-0.1, -0.05) is 12.1 Å². The van der Waals surface area contributed by atoms with Gasteiger partial charge in [-0.25, -0.2) is 0 Å². The number of nitrogens with zero attached hydrogens (tertiary/aromatic N) is 5. The molecular weight excluding hydrogens is 274 g/mol. The Labute approximate surface area is 122 Å². The van der Waals surface area contributed by atoms with Crippen LogP contribution >= 0.6 is 0 Å². The molecule has 9 nitrogen and oxygen atoms in total. The Balaban J connectivity index is 1.97. The zero-order valence-electron chi connectivity index (χ0n) is 12.2. The molecule has 114 valence electrons. The smallest absolute Gasteiger partial charge is 0.323 e. The van der Waals surface area contributed by atoms with Crippen molar-refractivity contribution in [2.75, 3.05) is 30.3 Å². The number of anilines is 2. The third-order valence-electron chi connectivity index (χ3n) is 2.41. The molecule has 0 aromatic carbocycles. The minimum Gasteiger partial charge on any atom is -0.463 e. The van der Waals surface area contributed by atoms with Crippen molar-refractivity contribution in [3.05, 3.63) is 12.2 Å². The molecule has 0 unspecified atom stereocenters. The van der Waals surface area contributed by atoms with Crippen LogP contribution < -0.4 is 15.4 Å². The Morgan fingerprint density at radius 3 is 2.62 bits per heavy atom. The highest BCUT2D eigenvalue weighted by atomic mass is 16.5. The van der Waals surface area contributed by atoms with Gasteiger partial charge in [-0.05, 0) is 13.3 Å². The van der Waals surface area contributed by atoms with Crippen molar-refractivity contribution in [1.29, 1.82) is 0 Å². The van der Waals surface area contributed by atoms with Crippen molar-refractivity contribution >= 4 is 11.9 Å². The maximum absolute atomic E-state index is 5.45. The second-order valence-corrected chi connectivity index (χ2v) is 4.16. The van der Waals surface area contributed by atoms with Crippen LogP contribution in [0.1, 0.15) is 26.2 Å². The van der Waals surface area contributed by atoms with Gasteiger partial charge < -0.3 is 19.9 Å². The number of rotatable bonds is 9. The first kappa shape index (κ1) is 14.9. The van der Waals surface area contributed by atoms with Gasteiger partial charge in [-0.15, -0.1) is 0 Å². The van der Waals surface area contributed by atoms with Crippen LogP contribution in [0.3, 0.4) is 0 Å². The lowest BCUT2D eigenvalue weighted by Gasteiger charge is -2.09. The normalized spacial score (nSPS) is 10.4. The highest BCUT2D eigenvalue weighted by Crippen LogP contribution is 2.11. The van der Waals surface area contributed by atoms with Crippen LogP contribution in [0, 0.1) is 0 Å². The quantitative estimate of drug-likeness (QED) is 0.702. The van der Waals surface area contributed by atoms with Crippen LogP contribution in [0.2, 0.25) is 0 Å². The van der Waals surface area contributed by atoms with E-state index < -0.39 is 0 Å². The van der Waals surface area contributed by atoms with E-state index in [1.165, 1.54) is 6.33 Å². The standard InChI is InChI=1S/C12H19N7O2/c1-3-7-20-12-18-10(13-4-2)17-11(19-12)14-6-5-9-15-8-16-21-9/h8H,3-7H2,1-2H3,(H2,13,14,17,18,19). The summed E-state index contributed by atoms with van der Waals surface area (Å²) in [7, 11) is 0. The molecule has 0 radical (unpaired) electrons. The summed E-state index contributed by atoms with van der Waals surface area (Å²) < 4.78 is 10.4. The van der Waals surface area contributed by atoms with Crippen LogP contribution in [0.5, 0.6) is 6.01 Å². The zero-order valence-corrected chi connectivity index (χ0v) is 12.2. The molecule has 0 saturated carbocycles. The molecule has 0 fully saturated rings. The summed E-state index contributed by atoms with van der Waals surface area (Å²) in [6.45, 7) is 5.86. The van der Waals surface area contributed by atoms with E-state index in [1.54, 1.807) is 0 Å². The minimum absolute atomic E-state index is 0.308. The van der Waals surface area contributed by atoms with Crippen molar-refractivity contribution in [2.24, 2.45) is 0 Å². The fourth-order valence-electron chi connectivity index (χ4n) is 1.52. The van der Waals surface area contributed by atoms with Gasteiger partial charge in [0, 0.05) is 19.5 Å². The van der Waals surface area contributed by atoms with Crippen LogP contribution in [0.15, 0.2) is 10.9 Å². The van der Waals surface area contributed by atoms with Crippen molar-refractivity contribution in [3.8, 4) is 6.01 Å². The first-order valence-electron chi connectivity index (χ1n) is 6.94. The number of nitrogens with one attached hydrogen (secondary N) is 2. The predicted molar refractivity (Wildman–Crippen MR) is 76.3 cm³/mol. The summed E-state index contributed by atoms with van der Waals surface area (Å²) >= 11 is 0. The van der Waals surface area contributed by atoms with Crippen LogP contribution in [-0.2, 0) is 6.42 Å². The Morgan fingerprint density at radius 1 is 1.14 bits per heavy atom. The lowest BCUT2D eigenvalue weighted by molar-refractivity contribution is 0.292. The second kappa shape index (κ2) is 7.98. The molecule has 21 heavy (non-hydrogen) atoms. The van der Waals surface area contributed by atoms with Gasteiger partial charge in [0.05, 0.1) is 6.61 Å². The SMILES string of the molecule is CCCOc1nc(NCC)nc(NCCc2ncno2)n1. The van der Waals surface area contributed by atoms with Crippen molar-refractivity contribution in [1.82, 2.24) is 25.1 Å². The van der Waals surface area contributed by atoms with Gasteiger partial charge in [-0.3, -0.25) is 0 Å². The average molecular weight is 293 g/mol. The lowest BCUT2D eigenvalue weighted by atomic mass is 10.4. The maximum atomic E-state index is 5.45. The third kappa shape index (κ3) is 4.86. The van der Waals surface area contributed by atoms with Crippen molar-refractivity contribution < 1.29 is 9.26 Å². The van der Waals surface area contributed by atoms with Gasteiger partial charge >= 0.3 is 6.01 Å². The maximum Gasteiger partial charge on any atom is 0.323 e. The topological polar surface area (TPSA) is 111 Å². The van der Waals surface area contributed by atoms with Crippen molar-refractivity contribution in [3.63, 3.8) is 0 Å². The average Bonchev–Trinajstić information content (AvgIpc) is 2.99. The highest BCUT2D eigenvalue weighted by molar-refractivity contribution is 5.35. The summed E-state index contributed by atoms with van der Waals surface area (Å²) in [6.07, 6.45) is 2.85. The molecule has 0 bridgehead atoms. The Hall–Kier alpha value is -2.45. The molecule has 0 aliphatic rings. The molecule has 2 aromatic heterocycles. The molecule has 9 heteroatoms. The molecule has 2 rings (SSSR count). The molecule has 0 amide bonds. The van der Waals surface area contributed by atoms with Crippen molar-refractivity contribution in [2.45, 2.75) is 26.7 Å². The summed E-state index contributed by atoms with van der Waals surface area (Å²) in [4.78, 5) is 16.6. The number of hydrogen-bond donors (Lipinski definition) is 2. The summed E-state index contributed by atoms with van der Waals surface area (Å²) in [5.74, 6) is 1.50. The van der Waals surface area contributed by atoms with Gasteiger partial charge in [0.25, 0.3) is 0 Å². The Morgan fingerprint density at radius 2 is 1.95 bits per heavy atom. The molecule has 0 spiro atoms. The van der Waals surface area contributed by atoms with Gasteiger partial charge in [0.2, 0.25) is 17.8 Å². The molecule has 2 heterocycles. The van der Waals surface area contributed by atoms with Gasteiger partial charge in [0.1, 0.15) is 0 Å². The summed E-state index contributed by atoms with van der Waals surface area (Å²) in [5.41, 5.74) is 0. The van der Waals surface area contributed by atoms with E-state index in [2.05, 4.69) is 35.7 Å². The van der Waals surface area contributed by atoms with Gasteiger partial charge in [-0.2, -0.15) is 19.9 Å². The molecule has 0 atom stereocenters. The molecule has 0 saturated heterocycles. The molecule has 2 aromatic rings. The second-order valence-electron chi connectivity index (χ2n) is 4.16. The minimum atomic E-state index is 0.308. The molecular formula is C12H19N7O2.